The lowest BCUT2D eigenvalue weighted by Gasteiger charge is -2.09. The van der Waals surface area contributed by atoms with E-state index in [0.29, 0.717) is 6.04 Å². The van der Waals surface area contributed by atoms with Crippen LogP contribution in [-0.2, 0) is 0 Å². The van der Waals surface area contributed by atoms with Gasteiger partial charge in [0.25, 0.3) is 0 Å². The fraction of sp³-hybridized carbons (Fsp3) is 0.700. The molecule has 0 bridgehead atoms. The van der Waals surface area contributed by atoms with Gasteiger partial charge in [-0.05, 0) is 19.3 Å². The van der Waals surface area contributed by atoms with Gasteiger partial charge in [0.2, 0.25) is 6.33 Å². The summed E-state index contributed by atoms with van der Waals surface area (Å²) in [6.07, 6.45) is 11.3. The number of imidazole rings is 1. The minimum absolute atomic E-state index is 0. The Morgan fingerprint density at radius 3 is 2.62 bits per heavy atom. The third-order valence-electron chi connectivity index (χ3n) is 2.35. The van der Waals surface area contributed by atoms with Crippen molar-refractivity contribution in [1.82, 2.24) is 4.98 Å². The van der Waals surface area contributed by atoms with E-state index < -0.39 is 0 Å². The zero-order chi connectivity index (χ0) is 8.81. The normalized spacial score (nSPS) is 12.2. The molecule has 0 saturated carbocycles. The van der Waals surface area contributed by atoms with Crippen molar-refractivity contribution >= 4 is 0 Å². The van der Waals surface area contributed by atoms with Crippen molar-refractivity contribution in [1.29, 1.82) is 0 Å². The number of unbranched alkanes of at least 4 members (excludes halogenated alkanes) is 1. The van der Waals surface area contributed by atoms with Crippen LogP contribution in [0.1, 0.15) is 45.6 Å². The first-order chi connectivity index (χ1) is 5.88. The van der Waals surface area contributed by atoms with Gasteiger partial charge in [-0.25, -0.2) is 4.57 Å². The molecular weight excluding hydrogens is 275 g/mol. The molecule has 0 radical (unpaired) electrons. The van der Waals surface area contributed by atoms with Crippen molar-refractivity contribution in [3.05, 3.63) is 18.7 Å². The lowest BCUT2D eigenvalue weighted by atomic mass is 10.1. The van der Waals surface area contributed by atoms with Crippen molar-refractivity contribution < 1.29 is 28.5 Å². The lowest BCUT2D eigenvalue weighted by Crippen LogP contribution is -3.00. The second kappa shape index (κ2) is 7.35. The number of nitrogens with one attached hydrogen (secondary N) is 1. The number of H-pyrrole nitrogens is 1. The first kappa shape index (κ1) is 12.9. The monoisotopic (exact) mass is 294 g/mol. The van der Waals surface area contributed by atoms with E-state index in [9.17, 15) is 0 Å². The van der Waals surface area contributed by atoms with Gasteiger partial charge in [0.1, 0.15) is 18.4 Å². The van der Waals surface area contributed by atoms with Gasteiger partial charge in [-0.3, -0.25) is 4.98 Å². The molecule has 0 saturated heterocycles. The van der Waals surface area contributed by atoms with Crippen LogP contribution >= 0.6 is 0 Å². The second-order valence-electron chi connectivity index (χ2n) is 3.26. The summed E-state index contributed by atoms with van der Waals surface area (Å²) in [4.78, 5) is 3.08. The molecule has 3 heteroatoms. The molecule has 0 spiro atoms. The highest BCUT2D eigenvalue weighted by Gasteiger charge is 2.11. The van der Waals surface area contributed by atoms with E-state index >= 15 is 0 Å². The van der Waals surface area contributed by atoms with Crippen LogP contribution in [0.25, 0.3) is 0 Å². The highest BCUT2D eigenvalue weighted by molar-refractivity contribution is 4.59. The zero-order valence-corrected chi connectivity index (χ0v) is 10.6. The molecule has 1 atom stereocenters. The zero-order valence-electron chi connectivity index (χ0n) is 8.46. The summed E-state index contributed by atoms with van der Waals surface area (Å²) in [5.74, 6) is 0. The molecule has 1 heterocycles. The average Bonchev–Trinajstić information content (AvgIpc) is 2.59. The molecule has 0 fully saturated rings. The first-order valence-electron chi connectivity index (χ1n) is 4.92. The van der Waals surface area contributed by atoms with E-state index in [-0.39, 0.29) is 24.0 Å². The Kier molecular flexibility index (Phi) is 7.32. The van der Waals surface area contributed by atoms with Gasteiger partial charge < -0.3 is 24.0 Å². The quantitative estimate of drug-likeness (QED) is 0.555. The maximum atomic E-state index is 3.08. The van der Waals surface area contributed by atoms with Crippen LogP contribution < -0.4 is 28.5 Å². The van der Waals surface area contributed by atoms with Crippen LogP contribution in [0.4, 0.5) is 0 Å². The van der Waals surface area contributed by atoms with Crippen molar-refractivity contribution in [3.63, 3.8) is 0 Å². The second-order valence-corrected chi connectivity index (χ2v) is 3.26. The van der Waals surface area contributed by atoms with Crippen LogP contribution in [0.5, 0.6) is 0 Å². The summed E-state index contributed by atoms with van der Waals surface area (Å²) >= 11 is 0. The maximum absolute atomic E-state index is 3.08. The third kappa shape index (κ3) is 4.11. The van der Waals surface area contributed by atoms with E-state index in [1.54, 1.807) is 0 Å². The van der Waals surface area contributed by atoms with Crippen LogP contribution in [0, 0.1) is 0 Å². The summed E-state index contributed by atoms with van der Waals surface area (Å²) < 4.78 is 2.27. The Bertz CT molecular complexity index is 197. The van der Waals surface area contributed by atoms with E-state index in [2.05, 4.69) is 29.6 Å². The Balaban J connectivity index is 0.00000144. The standard InChI is InChI=1S/C10H18N2.HI/c1-3-5-6-10(4-2)12-8-7-11-9-12;/h7-10H,3-6H2,1-2H3;1H. The molecule has 1 aromatic heterocycles. The predicted molar refractivity (Wildman–Crippen MR) is 49.8 cm³/mol. The summed E-state index contributed by atoms with van der Waals surface area (Å²) in [7, 11) is 0. The fourth-order valence-electron chi connectivity index (χ4n) is 1.53. The molecule has 0 amide bonds. The molecule has 2 nitrogen and oxygen atoms in total. The van der Waals surface area contributed by atoms with Gasteiger partial charge >= 0.3 is 0 Å². The number of nitrogens with zero attached hydrogens (tertiary/aromatic N) is 1. The average molecular weight is 294 g/mol. The third-order valence-corrected chi connectivity index (χ3v) is 2.35. The van der Waals surface area contributed by atoms with Gasteiger partial charge in [-0.2, -0.15) is 0 Å². The van der Waals surface area contributed by atoms with Gasteiger partial charge in [0.15, 0.2) is 0 Å². The van der Waals surface area contributed by atoms with Crippen molar-refractivity contribution in [2.24, 2.45) is 0 Å². The van der Waals surface area contributed by atoms with Crippen LogP contribution in [0.15, 0.2) is 18.7 Å². The number of halogens is 1. The van der Waals surface area contributed by atoms with Crippen molar-refractivity contribution in [2.75, 3.05) is 0 Å². The minimum Gasteiger partial charge on any atom is -1.00 e. The molecule has 13 heavy (non-hydrogen) atoms. The highest BCUT2D eigenvalue weighted by Crippen LogP contribution is 2.11. The smallest absolute Gasteiger partial charge is 0.241 e. The molecule has 1 rings (SSSR count). The molecule has 0 aromatic carbocycles. The summed E-state index contributed by atoms with van der Waals surface area (Å²) in [6, 6.07) is 0.691. The Morgan fingerprint density at radius 2 is 2.15 bits per heavy atom. The van der Waals surface area contributed by atoms with E-state index in [1.165, 1.54) is 25.7 Å². The minimum atomic E-state index is 0. The number of hydrogen-bond donors (Lipinski definition) is 1. The fourth-order valence-corrected chi connectivity index (χ4v) is 1.53. The SMILES string of the molecule is CCCCC(CC)[n+]1cc[nH]c1.[I-]. The number of rotatable bonds is 5. The maximum Gasteiger partial charge on any atom is 0.241 e. The number of hydrogen-bond acceptors (Lipinski definition) is 0. The van der Waals surface area contributed by atoms with Crippen LogP contribution in [0.3, 0.4) is 0 Å². The lowest BCUT2D eigenvalue weighted by molar-refractivity contribution is -0.722. The molecule has 1 N–H and O–H groups in total. The van der Waals surface area contributed by atoms with Crippen molar-refractivity contribution in [2.45, 2.75) is 45.6 Å². The molecule has 76 valence electrons. The number of aromatic amines is 1. The summed E-state index contributed by atoms with van der Waals surface area (Å²) in [5.41, 5.74) is 0. The summed E-state index contributed by atoms with van der Waals surface area (Å²) in [6.45, 7) is 4.49. The first-order valence-corrected chi connectivity index (χ1v) is 4.92. The highest BCUT2D eigenvalue weighted by atomic mass is 127. The van der Waals surface area contributed by atoms with Gasteiger partial charge in [0.05, 0.1) is 0 Å². The molecule has 1 unspecified atom stereocenters. The van der Waals surface area contributed by atoms with Gasteiger partial charge in [-0.1, -0.05) is 20.3 Å². The van der Waals surface area contributed by atoms with Crippen LogP contribution in [0.2, 0.25) is 0 Å². The van der Waals surface area contributed by atoms with Crippen LogP contribution in [-0.4, -0.2) is 4.98 Å². The van der Waals surface area contributed by atoms with Crippen molar-refractivity contribution in [3.8, 4) is 0 Å². The Labute approximate surface area is 97.8 Å². The van der Waals surface area contributed by atoms with Gasteiger partial charge in [-0.15, -0.1) is 0 Å². The molecule has 0 aliphatic heterocycles. The van der Waals surface area contributed by atoms with E-state index in [1.807, 2.05) is 12.5 Å². The van der Waals surface area contributed by atoms with Gasteiger partial charge in [0, 0.05) is 0 Å². The molecule has 0 aliphatic rings. The predicted octanol–water partition coefficient (Wildman–Crippen LogP) is -0.552. The van der Waals surface area contributed by atoms with E-state index in [0.717, 1.165) is 0 Å². The molecular formula is C10H19IN2. The largest absolute Gasteiger partial charge is 1.00 e. The Morgan fingerprint density at radius 1 is 1.38 bits per heavy atom. The van der Waals surface area contributed by atoms with E-state index in [4.69, 9.17) is 0 Å². The Hall–Kier alpha value is -0.0600. The topological polar surface area (TPSA) is 19.7 Å². The molecule has 1 aromatic rings. The molecule has 0 aliphatic carbocycles. The number of aromatic nitrogens is 2. The summed E-state index contributed by atoms with van der Waals surface area (Å²) in [5, 5.41) is 0.